The molecule has 4 rings (SSSR count). The van der Waals surface area contributed by atoms with Gasteiger partial charge in [-0.3, -0.25) is 9.35 Å². The smallest absolute Gasteiger partial charge is 0.323 e. The van der Waals surface area contributed by atoms with E-state index in [0.717, 1.165) is 6.07 Å². The number of aryl methyl sites for hydroxylation is 1. The van der Waals surface area contributed by atoms with E-state index < -0.39 is 22.0 Å². The second-order valence-corrected chi connectivity index (χ2v) is 10.5. The molecule has 0 fully saturated rings. The van der Waals surface area contributed by atoms with Crippen molar-refractivity contribution < 1.29 is 26.9 Å². The Bertz CT molecular complexity index is 1690. The van der Waals surface area contributed by atoms with Gasteiger partial charge in [-0.1, -0.05) is 29.8 Å². The maximum absolute atomic E-state index is 14.7. The first-order chi connectivity index (χ1) is 19.4. The number of carbonyl (C=O) groups excluding carboxylic acids is 1. The van der Waals surface area contributed by atoms with Gasteiger partial charge in [0.1, 0.15) is 11.6 Å². The molecular formula is C27H29ClFN5O6S. The van der Waals surface area contributed by atoms with Crippen LogP contribution in [0.1, 0.15) is 6.92 Å². The number of amides is 2. The minimum Gasteiger partial charge on any atom is -0.383 e. The van der Waals surface area contributed by atoms with Crippen LogP contribution in [0, 0.1) is 5.82 Å². The third-order valence-electron chi connectivity index (χ3n) is 5.53. The number of aromatic nitrogens is 2. The number of pyridine rings is 2. The van der Waals surface area contributed by atoms with Gasteiger partial charge >= 0.3 is 6.03 Å². The van der Waals surface area contributed by atoms with E-state index in [-0.39, 0.29) is 21.8 Å². The number of fused-ring (bicyclic) bond motifs is 1. The molecule has 0 saturated heterocycles. The first kappa shape index (κ1) is 31.5. The fraction of sp³-hybridized carbons (Fsp3) is 0.222. The highest BCUT2D eigenvalue weighted by molar-refractivity contribution is 7.85. The molecule has 0 aliphatic carbocycles. The lowest BCUT2D eigenvalue weighted by atomic mass is 10.0. The number of anilines is 3. The third kappa shape index (κ3) is 8.98. The average molecular weight is 606 g/mol. The van der Waals surface area contributed by atoms with Crippen molar-refractivity contribution in [3.8, 4) is 11.1 Å². The van der Waals surface area contributed by atoms with Gasteiger partial charge in [0.15, 0.2) is 0 Å². The van der Waals surface area contributed by atoms with Crippen molar-refractivity contribution >= 4 is 55.8 Å². The summed E-state index contributed by atoms with van der Waals surface area (Å²) in [4.78, 5) is 30.3. The van der Waals surface area contributed by atoms with Crippen molar-refractivity contribution in [2.24, 2.45) is 0 Å². The molecule has 41 heavy (non-hydrogen) atoms. The number of rotatable bonds is 8. The highest BCUT2D eigenvalue weighted by Gasteiger charge is 2.18. The largest absolute Gasteiger partial charge is 0.383 e. The van der Waals surface area contributed by atoms with Gasteiger partial charge in [0.25, 0.3) is 15.7 Å². The second kappa shape index (κ2) is 14.0. The van der Waals surface area contributed by atoms with E-state index in [1.165, 1.54) is 6.07 Å². The van der Waals surface area contributed by atoms with Crippen LogP contribution >= 0.6 is 11.6 Å². The summed E-state index contributed by atoms with van der Waals surface area (Å²) in [5, 5.41) is 9.03. The van der Waals surface area contributed by atoms with Crippen molar-refractivity contribution in [2.45, 2.75) is 13.5 Å². The van der Waals surface area contributed by atoms with E-state index in [0.29, 0.717) is 53.9 Å². The Morgan fingerprint density at radius 1 is 1.12 bits per heavy atom. The van der Waals surface area contributed by atoms with Crippen LogP contribution in [-0.2, 0) is 21.4 Å². The fourth-order valence-corrected chi connectivity index (χ4v) is 4.07. The molecule has 0 unspecified atom stereocenters. The number of nitrogens with zero attached hydrogens (tertiary/aromatic N) is 2. The number of hydrogen-bond acceptors (Lipinski definition) is 7. The SMILES string of the molecule is CCn1c(=O)c(-c2cc(NC(=O)Nc3ccccc3)c(F)cc2Cl)cc2cnc(NCCOC)cc21.CS(=O)(=O)O. The molecule has 0 spiro atoms. The fourth-order valence-electron chi connectivity index (χ4n) is 3.81. The number of para-hydroxylation sites is 1. The van der Waals surface area contributed by atoms with Crippen molar-refractivity contribution in [2.75, 3.05) is 42.5 Å². The lowest BCUT2D eigenvalue weighted by Gasteiger charge is -2.15. The summed E-state index contributed by atoms with van der Waals surface area (Å²) in [6, 6.07) is 14.0. The van der Waals surface area contributed by atoms with Crippen molar-refractivity contribution in [1.82, 2.24) is 9.55 Å². The Morgan fingerprint density at radius 3 is 2.44 bits per heavy atom. The summed E-state index contributed by atoms with van der Waals surface area (Å²) in [5.74, 6) is -0.110. The van der Waals surface area contributed by atoms with E-state index in [9.17, 15) is 22.4 Å². The number of nitrogens with one attached hydrogen (secondary N) is 3. The Hall–Kier alpha value is -4.04. The van der Waals surface area contributed by atoms with Gasteiger partial charge in [0.2, 0.25) is 0 Å². The monoisotopic (exact) mass is 605 g/mol. The van der Waals surface area contributed by atoms with E-state index in [4.69, 9.17) is 20.9 Å². The quantitative estimate of drug-likeness (QED) is 0.160. The zero-order valence-corrected chi connectivity index (χ0v) is 24.0. The standard InChI is InChI=1S/C26H25ClFN5O3.CH4O3S/c1-3-33-23-14-24(29-9-10-36-2)30-15-16(23)11-19(25(33)34)18-12-22(21(28)13-20(18)27)32-26(35)31-17-7-5-4-6-8-17;1-5(2,3)4/h4-8,11-15H,3,9-10H2,1-2H3,(H,29,30)(H2,31,32,35);1H3,(H,2,3,4). The lowest BCUT2D eigenvalue weighted by Crippen LogP contribution is -2.22. The van der Waals surface area contributed by atoms with Gasteiger partial charge < -0.3 is 25.3 Å². The highest BCUT2D eigenvalue weighted by atomic mass is 35.5. The Labute approximate surface area is 241 Å². The number of methoxy groups -OCH3 is 1. The number of hydrogen-bond donors (Lipinski definition) is 4. The maximum atomic E-state index is 14.7. The second-order valence-electron chi connectivity index (χ2n) is 8.65. The number of ether oxygens (including phenoxy) is 1. The van der Waals surface area contributed by atoms with Crippen molar-refractivity contribution in [1.29, 1.82) is 0 Å². The van der Waals surface area contributed by atoms with Crippen LogP contribution in [0.3, 0.4) is 0 Å². The van der Waals surface area contributed by atoms with Gasteiger partial charge in [0.05, 0.1) is 29.1 Å². The number of benzene rings is 2. The molecular weight excluding hydrogens is 577 g/mol. The van der Waals surface area contributed by atoms with Crippen LogP contribution in [0.4, 0.5) is 26.4 Å². The average Bonchev–Trinajstić information content (AvgIpc) is 2.90. The molecule has 11 nitrogen and oxygen atoms in total. The minimum atomic E-state index is -3.67. The molecule has 2 aromatic heterocycles. The van der Waals surface area contributed by atoms with Gasteiger partial charge in [-0.05, 0) is 37.3 Å². The normalized spacial score (nSPS) is 11.0. The summed E-state index contributed by atoms with van der Waals surface area (Å²) < 4.78 is 47.2. The molecule has 0 aliphatic rings. The van der Waals surface area contributed by atoms with Crippen LogP contribution in [-0.4, -0.2) is 55.1 Å². The molecule has 0 radical (unpaired) electrons. The molecule has 0 bridgehead atoms. The number of halogens is 2. The molecule has 14 heteroatoms. The Morgan fingerprint density at radius 2 is 1.80 bits per heavy atom. The van der Waals surface area contributed by atoms with Crippen LogP contribution in [0.5, 0.6) is 0 Å². The molecule has 2 heterocycles. The van der Waals surface area contributed by atoms with Gasteiger partial charge in [-0.15, -0.1) is 0 Å². The summed E-state index contributed by atoms with van der Waals surface area (Å²) >= 11 is 6.36. The van der Waals surface area contributed by atoms with E-state index >= 15 is 0 Å². The highest BCUT2D eigenvalue weighted by Crippen LogP contribution is 2.32. The van der Waals surface area contributed by atoms with Crippen LogP contribution < -0.4 is 21.5 Å². The summed E-state index contributed by atoms with van der Waals surface area (Å²) in [7, 11) is -2.05. The molecule has 0 aliphatic heterocycles. The molecule has 0 atom stereocenters. The summed E-state index contributed by atoms with van der Waals surface area (Å²) in [6.45, 7) is 3.34. The van der Waals surface area contributed by atoms with Crippen molar-refractivity contribution in [3.05, 3.63) is 82.0 Å². The van der Waals surface area contributed by atoms with Crippen molar-refractivity contribution in [3.63, 3.8) is 0 Å². The summed E-state index contributed by atoms with van der Waals surface area (Å²) in [5.41, 5.74) is 1.40. The Kier molecular flexibility index (Phi) is 10.8. The van der Waals surface area contributed by atoms with E-state index in [2.05, 4.69) is 20.9 Å². The first-order valence-electron chi connectivity index (χ1n) is 12.2. The molecule has 2 aromatic carbocycles. The predicted octanol–water partition coefficient (Wildman–Crippen LogP) is 5.08. The first-order valence-corrected chi connectivity index (χ1v) is 14.4. The van der Waals surface area contributed by atoms with Crippen LogP contribution in [0.2, 0.25) is 5.02 Å². The van der Waals surface area contributed by atoms with Crippen LogP contribution in [0.25, 0.3) is 22.0 Å². The zero-order valence-electron chi connectivity index (χ0n) is 22.4. The molecule has 4 aromatic rings. The third-order valence-corrected chi connectivity index (χ3v) is 5.85. The van der Waals surface area contributed by atoms with Crippen LogP contribution in [0.15, 0.2) is 65.6 Å². The molecule has 4 N–H and O–H groups in total. The van der Waals surface area contributed by atoms with Gasteiger partial charge in [-0.2, -0.15) is 8.42 Å². The van der Waals surface area contributed by atoms with Gasteiger partial charge in [0, 0.05) is 54.7 Å². The summed E-state index contributed by atoms with van der Waals surface area (Å²) in [6.07, 6.45) is 2.37. The van der Waals surface area contributed by atoms with E-state index in [1.54, 1.807) is 54.3 Å². The number of carbonyl (C=O) groups is 1. The zero-order chi connectivity index (χ0) is 30.2. The Balaban J connectivity index is 0.000000850. The molecule has 2 amide bonds. The molecule has 218 valence electrons. The predicted molar refractivity (Wildman–Crippen MR) is 159 cm³/mol. The lowest BCUT2D eigenvalue weighted by molar-refractivity contribution is 0.210. The van der Waals surface area contributed by atoms with Gasteiger partial charge in [-0.25, -0.2) is 14.2 Å². The maximum Gasteiger partial charge on any atom is 0.323 e. The minimum absolute atomic E-state index is 0.0476. The van der Waals surface area contributed by atoms with E-state index in [1.807, 2.05) is 13.0 Å². The number of urea groups is 1. The topological polar surface area (TPSA) is 152 Å². The molecule has 0 saturated carbocycles.